The molecule has 0 radical (unpaired) electrons. The van der Waals surface area contributed by atoms with Gasteiger partial charge in [-0.05, 0) is 76.3 Å². The average molecular weight is 243 g/mol. The summed E-state index contributed by atoms with van der Waals surface area (Å²) in [5.41, 5.74) is 0.290. The predicted octanol–water partition coefficient (Wildman–Crippen LogP) is 3.93. The molecule has 0 spiro atoms. The third kappa shape index (κ3) is 5.58. The molecule has 0 aromatic rings. The van der Waals surface area contributed by atoms with Crippen LogP contribution in [0.25, 0.3) is 0 Å². The van der Waals surface area contributed by atoms with E-state index in [2.05, 4.69) is 44.8 Å². The molecule has 1 nitrogen and oxygen atoms in total. The lowest BCUT2D eigenvalue weighted by Crippen LogP contribution is -2.43. The van der Waals surface area contributed by atoms with Crippen LogP contribution < -0.4 is 5.32 Å². The van der Waals surface area contributed by atoms with Crippen molar-refractivity contribution in [1.82, 2.24) is 5.32 Å². The zero-order valence-electron chi connectivity index (χ0n) is 11.5. The van der Waals surface area contributed by atoms with Gasteiger partial charge in [0.2, 0.25) is 0 Å². The highest BCUT2D eigenvalue weighted by Gasteiger charge is 2.30. The van der Waals surface area contributed by atoms with E-state index < -0.39 is 0 Å². The molecule has 2 unspecified atom stereocenters. The van der Waals surface area contributed by atoms with Crippen molar-refractivity contribution in [1.29, 1.82) is 0 Å². The van der Waals surface area contributed by atoms with Crippen LogP contribution in [0.15, 0.2) is 0 Å². The molecule has 2 atom stereocenters. The first-order valence-electron chi connectivity index (χ1n) is 6.85. The molecule has 1 aliphatic rings. The van der Waals surface area contributed by atoms with E-state index >= 15 is 0 Å². The van der Waals surface area contributed by atoms with Gasteiger partial charge in [0.25, 0.3) is 0 Å². The van der Waals surface area contributed by atoms with Gasteiger partial charge < -0.3 is 5.32 Å². The van der Waals surface area contributed by atoms with Crippen molar-refractivity contribution < 1.29 is 0 Å². The fraction of sp³-hybridized carbons (Fsp3) is 1.00. The molecule has 1 rings (SSSR count). The molecular formula is C14H29NS. The average Bonchev–Trinajstić information content (AvgIpc) is 2.14. The van der Waals surface area contributed by atoms with Crippen molar-refractivity contribution in [3.8, 4) is 0 Å². The lowest BCUT2D eigenvalue weighted by molar-refractivity contribution is 0.149. The van der Waals surface area contributed by atoms with E-state index in [0.717, 1.165) is 11.8 Å². The standard InChI is InChI=1S/C14H29NS/c1-5-16-10-6-7-12-8-9-13(12)11-15-14(2,3)4/h12-13,15H,5-11H2,1-4H3. The van der Waals surface area contributed by atoms with Crippen molar-refractivity contribution in [2.75, 3.05) is 18.1 Å². The maximum Gasteiger partial charge on any atom is 0.00966 e. The third-order valence-corrected chi connectivity index (χ3v) is 4.52. The van der Waals surface area contributed by atoms with Gasteiger partial charge in [0.1, 0.15) is 0 Å². The Balaban J connectivity index is 2.06. The largest absolute Gasteiger partial charge is 0.312 e. The SMILES string of the molecule is CCSCCCC1CCC1CNC(C)(C)C. The minimum atomic E-state index is 0.290. The van der Waals surface area contributed by atoms with Gasteiger partial charge in [-0.15, -0.1) is 0 Å². The molecule has 0 amide bonds. The van der Waals surface area contributed by atoms with Crippen LogP contribution in [0.4, 0.5) is 0 Å². The number of rotatable bonds is 7. The highest BCUT2D eigenvalue weighted by Crippen LogP contribution is 2.37. The van der Waals surface area contributed by atoms with Gasteiger partial charge in [-0.25, -0.2) is 0 Å². The summed E-state index contributed by atoms with van der Waals surface area (Å²) < 4.78 is 0. The predicted molar refractivity (Wildman–Crippen MR) is 76.2 cm³/mol. The molecule has 0 saturated heterocycles. The van der Waals surface area contributed by atoms with E-state index in [4.69, 9.17) is 0 Å². The lowest BCUT2D eigenvalue weighted by Gasteiger charge is -2.39. The molecular weight excluding hydrogens is 214 g/mol. The third-order valence-electron chi connectivity index (χ3n) is 3.54. The minimum absolute atomic E-state index is 0.290. The Labute approximate surface area is 106 Å². The Morgan fingerprint density at radius 2 is 1.88 bits per heavy atom. The molecule has 0 aromatic carbocycles. The van der Waals surface area contributed by atoms with E-state index in [0.29, 0.717) is 0 Å². The van der Waals surface area contributed by atoms with E-state index in [-0.39, 0.29) is 5.54 Å². The fourth-order valence-electron chi connectivity index (χ4n) is 2.32. The van der Waals surface area contributed by atoms with Gasteiger partial charge in [-0.2, -0.15) is 11.8 Å². The van der Waals surface area contributed by atoms with Crippen LogP contribution in [-0.4, -0.2) is 23.6 Å². The van der Waals surface area contributed by atoms with Crippen LogP contribution in [0.1, 0.15) is 53.4 Å². The Kier molecular flexibility index (Phi) is 6.20. The van der Waals surface area contributed by atoms with Gasteiger partial charge >= 0.3 is 0 Å². The molecule has 1 N–H and O–H groups in total. The number of nitrogens with one attached hydrogen (secondary N) is 1. The van der Waals surface area contributed by atoms with Gasteiger partial charge in [0.05, 0.1) is 0 Å². The van der Waals surface area contributed by atoms with Crippen LogP contribution in [-0.2, 0) is 0 Å². The monoisotopic (exact) mass is 243 g/mol. The van der Waals surface area contributed by atoms with Crippen molar-refractivity contribution in [3.05, 3.63) is 0 Å². The lowest BCUT2D eigenvalue weighted by atomic mass is 9.71. The first kappa shape index (κ1) is 14.4. The molecule has 1 fully saturated rings. The van der Waals surface area contributed by atoms with E-state index in [1.165, 1.54) is 43.7 Å². The van der Waals surface area contributed by atoms with Crippen molar-refractivity contribution in [3.63, 3.8) is 0 Å². The molecule has 1 saturated carbocycles. The maximum absolute atomic E-state index is 3.65. The molecule has 0 aliphatic heterocycles. The number of hydrogen-bond donors (Lipinski definition) is 1. The van der Waals surface area contributed by atoms with E-state index in [1.54, 1.807) is 0 Å². The molecule has 96 valence electrons. The first-order chi connectivity index (χ1) is 7.53. The summed E-state index contributed by atoms with van der Waals surface area (Å²) in [5, 5.41) is 3.65. The Bertz CT molecular complexity index is 186. The first-order valence-corrected chi connectivity index (χ1v) is 8.01. The smallest absolute Gasteiger partial charge is 0.00966 e. The second kappa shape index (κ2) is 6.90. The Hall–Kier alpha value is 0.310. The highest BCUT2D eigenvalue weighted by atomic mass is 32.2. The summed E-state index contributed by atoms with van der Waals surface area (Å²) in [5.74, 6) is 4.63. The van der Waals surface area contributed by atoms with E-state index in [1.807, 2.05) is 0 Å². The van der Waals surface area contributed by atoms with Gasteiger partial charge in [-0.3, -0.25) is 0 Å². The summed E-state index contributed by atoms with van der Waals surface area (Å²) in [6.07, 6.45) is 5.82. The minimum Gasteiger partial charge on any atom is -0.312 e. The zero-order chi connectivity index (χ0) is 12.0. The van der Waals surface area contributed by atoms with Crippen molar-refractivity contribution in [2.24, 2.45) is 11.8 Å². The normalized spacial score (nSPS) is 25.5. The van der Waals surface area contributed by atoms with Gasteiger partial charge in [-0.1, -0.05) is 6.92 Å². The van der Waals surface area contributed by atoms with Crippen LogP contribution in [0.2, 0.25) is 0 Å². The summed E-state index contributed by atoms with van der Waals surface area (Å²) in [4.78, 5) is 0. The second-order valence-electron chi connectivity index (χ2n) is 6.07. The molecule has 16 heavy (non-hydrogen) atoms. The summed E-state index contributed by atoms with van der Waals surface area (Å²) in [6, 6.07) is 0. The molecule has 0 aromatic heterocycles. The topological polar surface area (TPSA) is 12.0 Å². The van der Waals surface area contributed by atoms with Gasteiger partial charge in [0, 0.05) is 5.54 Å². The van der Waals surface area contributed by atoms with Crippen LogP contribution in [0.5, 0.6) is 0 Å². The summed E-state index contributed by atoms with van der Waals surface area (Å²) >= 11 is 2.09. The second-order valence-corrected chi connectivity index (χ2v) is 7.46. The molecule has 1 aliphatic carbocycles. The molecule has 2 heteroatoms. The molecule has 0 heterocycles. The summed E-state index contributed by atoms with van der Waals surface area (Å²) in [6.45, 7) is 10.3. The summed E-state index contributed by atoms with van der Waals surface area (Å²) in [7, 11) is 0. The number of thioether (sulfide) groups is 1. The highest BCUT2D eigenvalue weighted by molar-refractivity contribution is 7.99. The van der Waals surface area contributed by atoms with Crippen LogP contribution in [0.3, 0.4) is 0 Å². The maximum atomic E-state index is 3.65. The van der Waals surface area contributed by atoms with Crippen LogP contribution >= 0.6 is 11.8 Å². The Morgan fingerprint density at radius 3 is 2.38 bits per heavy atom. The van der Waals surface area contributed by atoms with Crippen molar-refractivity contribution in [2.45, 2.75) is 58.9 Å². The number of hydrogen-bond acceptors (Lipinski definition) is 2. The van der Waals surface area contributed by atoms with E-state index in [9.17, 15) is 0 Å². The fourth-order valence-corrected chi connectivity index (χ4v) is 2.98. The van der Waals surface area contributed by atoms with Gasteiger partial charge in [0.15, 0.2) is 0 Å². The zero-order valence-corrected chi connectivity index (χ0v) is 12.3. The van der Waals surface area contributed by atoms with Crippen molar-refractivity contribution >= 4 is 11.8 Å². The Morgan fingerprint density at radius 1 is 1.19 bits per heavy atom. The quantitative estimate of drug-likeness (QED) is 0.680. The molecule has 0 bridgehead atoms. The van der Waals surface area contributed by atoms with Crippen LogP contribution in [0, 0.1) is 11.8 Å².